The van der Waals surface area contributed by atoms with Gasteiger partial charge in [0.1, 0.15) is 0 Å². The fourth-order valence-electron chi connectivity index (χ4n) is 3.13. The van der Waals surface area contributed by atoms with E-state index in [0.717, 1.165) is 29.4 Å². The zero-order chi connectivity index (χ0) is 16.8. The van der Waals surface area contributed by atoms with Gasteiger partial charge in [0.2, 0.25) is 0 Å². The molecule has 1 saturated carbocycles. The topological polar surface area (TPSA) is 50.2 Å². The quantitative estimate of drug-likeness (QED) is 0.645. The lowest BCUT2D eigenvalue weighted by atomic mass is 9.91. The number of fused-ring (bicyclic) bond motifs is 1. The molecule has 0 unspecified atom stereocenters. The van der Waals surface area contributed by atoms with E-state index < -0.39 is 5.97 Å². The molecule has 3 aromatic rings. The van der Waals surface area contributed by atoms with Crippen LogP contribution in [0.25, 0.3) is 22.0 Å². The molecule has 3 nitrogen and oxygen atoms in total. The zero-order valence-corrected chi connectivity index (χ0v) is 14.1. The predicted molar refractivity (Wildman–Crippen MR) is 96.1 cm³/mol. The van der Waals surface area contributed by atoms with E-state index in [9.17, 15) is 9.90 Å². The molecule has 1 heterocycles. The van der Waals surface area contributed by atoms with E-state index in [-0.39, 0.29) is 5.69 Å². The maximum Gasteiger partial charge on any atom is 0.355 e. The number of aromatic nitrogens is 1. The van der Waals surface area contributed by atoms with Crippen LogP contribution in [0.1, 0.15) is 34.8 Å². The molecule has 1 fully saturated rings. The number of nitrogens with zero attached hydrogens (tertiary/aromatic N) is 1. The summed E-state index contributed by atoms with van der Waals surface area (Å²) in [4.78, 5) is 16.2. The number of rotatable bonds is 3. The standard InChI is InChI=1S/C19H13Cl2NO2/c20-13-8-12-15(9-14(13)21)22-18(19(23)24)17(16(12)11-6-7-11)10-4-2-1-3-5-10/h1-5,8-9,11H,6-7H2,(H,23,24). The van der Waals surface area contributed by atoms with Crippen molar-refractivity contribution in [3.63, 3.8) is 0 Å². The van der Waals surface area contributed by atoms with Crippen LogP contribution in [-0.2, 0) is 0 Å². The highest BCUT2D eigenvalue weighted by Crippen LogP contribution is 2.49. The Hall–Kier alpha value is -2.10. The Morgan fingerprint density at radius 2 is 1.75 bits per heavy atom. The largest absolute Gasteiger partial charge is 0.476 e. The van der Waals surface area contributed by atoms with Crippen LogP contribution in [0, 0.1) is 0 Å². The summed E-state index contributed by atoms with van der Waals surface area (Å²) in [6.07, 6.45) is 2.08. The Balaban J connectivity index is 2.15. The number of halogens is 2. The van der Waals surface area contributed by atoms with Gasteiger partial charge in [-0.2, -0.15) is 0 Å². The molecule has 120 valence electrons. The van der Waals surface area contributed by atoms with Gasteiger partial charge in [0, 0.05) is 10.9 Å². The van der Waals surface area contributed by atoms with E-state index in [4.69, 9.17) is 23.2 Å². The summed E-state index contributed by atoms with van der Waals surface area (Å²) in [5.41, 5.74) is 3.20. The highest BCUT2D eigenvalue weighted by atomic mass is 35.5. The van der Waals surface area contributed by atoms with E-state index in [2.05, 4.69) is 4.98 Å². The normalized spacial score (nSPS) is 14.1. The monoisotopic (exact) mass is 357 g/mol. The van der Waals surface area contributed by atoms with Gasteiger partial charge in [-0.3, -0.25) is 0 Å². The van der Waals surface area contributed by atoms with Crippen molar-refractivity contribution >= 4 is 40.1 Å². The van der Waals surface area contributed by atoms with Crippen molar-refractivity contribution in [2.24, 2.45) is 0 Å². The smallest absolute Gasteiger partial charge is 0.355 e. The van der Waals surface area contributed by atoms with Crippen LogP contribution < -0.4 is 0 Å². The number of pyridine rings is 1. The molecule has 0 atom stereocenters. The first-order valence-electron chi connectivity index (χ1n) is 7.67. The Labute approximate surface area is 148 Å². The summed E-state index contributed by atoms with van der Waals surface area (Å²) in [6, 6.07) is 13.0. The van der Waals surface area contributed by atoms with Gasteiger partial charge in [-0.25, -0.2) is 9.78 Å². The molecular formula is C19H13Cl2NO2. The number of carboxylic acid groups (broad SMARTS) is 1. The SMILES string of the molecule is O=C(O)c1nc2cc(Cl)c(Cl)cc2c(C2CC2)c1-c1ccccc1. The second-order valence-corrected chi connectivity index (χ2v) is 6.79. The molecule has 0 amide bonds. The average Bonchev–Trinajstić information content (AvgIpc) is 3.40. The second-order valence-electron chi connectivity index (χ2n) is 5.98. The number of aromatic carboxylic acids is 1. The number of hydrogen-bond acceptors (Lipinski definition) is 2. The lowest BCUT2D eigenvalue weighted by molar-refractivity contribution is 0.0692. The maximum absolute atomic E-state index is 11.9. The molecule has 0 aliphatic heterocycles. The molecule has 0 spiro atoms. The molecule has 2 aromatic carbocycles. The summed E-state index contributed by atoms with van der Waals surface area (Å²) in [5.74, 6) is -0.704. The number of carbonyl (C=O) groups is 1. The van der Waals surface area contributed by atoms with Crippen LogP contribution in [0.4, 0.5) is 0 Å². The minimum atomic E-state index is -1.04. The molecule has 0 saturated heterocycles. The fourth-order valence-corrected chi connectivity index (χ4v) is 3.45. The van der Waals surface area contributed by atoms with Crippen LogP contribution in [0.5, 0.6) is 0 Å². The van der Waals surface area contributed by atoms with Gasteiger partial charge >= 0.3 is 5.97 Å². The summed E-state index contributed by atoms with van der Waals surface area (Å²) in [6.45, 7) is 0. The lowest BCUT2D eigenvalue weighted by Gasteiger charge is -2.16. The first-order chi connectivity index (χ1) is 11.6. The Morgan fingerprint density at radius 3 is 2.38 bits per heavy atom. The predicted octanol–water partition coefficient (Wildman–Crippen LogP) is 5.78. The Bertz CT molecular complexity index is 966. The minimum Gasteiger partial charge on any atom is -0.476 e. The minimum absolute atomic E-state index is 0.0639. The lowest BCUT2D eigenvalue weighted by Crippen LogP contribution is -2.07. The third kappa shape index (κ3) is 2.54. The van der Waals surface area contributed by atoms with Crippen molar-refractivity contribution < 1.29 is 9.90 Å². The third-order valence-electron chi connectivity index (χ3n) is 4.32. The summed E-state index contributed by atoms with van der Waals surface area (Å²) < 4.78 is 0. The van der Waals surface area contributed by atoms with Crippen molar-refractivity contribution in [3.05, 3.63) is 63.8 Å². The molecule has 1 aromatic heterocycles. The van der Waals surface area contributed by atoms with Crippen LogP contribution in [0.2, 0.25) is 10.0 Å². The van der Waals surface area contributed by atoms with Gasteiger partial charge in [0.15, 0.2) is 5.69 Å². The van der Waals surface area contributed by atoms with Gasteiger partial charge in [0.25, 0.3) is 0 Å². The Morgan fingerprint density at radius 1 is 1.08 bits per heavy atom. The van der Waals surface area contributed by atoms with Gasteiger partial charge in [-0.1, -0.05) is 53.5 Å². The molecule has 1 N–H and O–H groups in total. The third-order valence-corrected chi connectivity index (χ3v) is 5.04. The van der Waals surface area contributed by atoms with Crippen molar-refractivity contribution in [1.82, 2.24) is 4.98 Å². The van der Waals surface area contributed by atoms with Gasteiger partial charge in [-0.15, -0.1) is 0 Å². The van der Waals surface area contributed by atoms with E-state index >= 15 is 0 Å². The van der Waals surface area contributed by atoms with E-state index in [1.807, 2.05) is 30.3 Å². The summed E-state index contributed by atoms with van der Waals surface area (Å²) in [5, 5.41) is 11.4. The van der Waals surface area contributed by atoms with Crippen LogP contribution in [0.15, 0.2) is 42.5 Å². The van der Waals surface area contributed by atoms with Crippen molar-refractivity contribution in [3.8, 4) is 11.1 Å². The summed E-state index contributed by atoms with van der Waals surface area (Å²) >= 11 is 12.3. The van der Waals surface area contributed by atoms with E-state index in [1.54, 1.807) is 12.1 Å². The molecule has 24 heavy (non-hydrogen) atoms. The maximum atomic E-state index is 11.9. The van der Waals surface area contributed by atoms with E-state index in [1.165, 1.54) is 0 Å². The molecule has 0 bridgehead atoms. The molecule has 1 aliphatic carbocycles. The number of hydrogen-bond donors (Lipinski definition) is 1. The Kier molecular flexibility index (Phi) is 3.70. The van der Waals surface area contributed by atoms with Gasteiger partial charge in [-0.05, 0) is 42.0 Å². The molecule has 4 rings (SSSR count). The summed E-state index contributed by atoms with van der Waals surface area (Å²) in [7, 11) is 0. The molecule has 0 radical (unpaired) electrons. The molecular weight excluding hydrogens is 345 g/mol. The first kappa shape index (κ1) is 15.4. The number of carboxylic acids is 1. The fraction of sp³-hybridized carbons (Fsp3) is 0.158. The van der Waals surface area contributed by atoms with Crippen molar-refractivity contribution in [1.29, 1.82) is 0 Å². The highest BCUT2D eigenvalue weighted by molar-refractivity contribution is 6.42. The van der Waals surface area contributed by atoms with Crippen LogP contribution in [0.3, 0.4) is 0 Å². The highest BCUT2D eigenvalue weighted by Gasteiger charge is 2.32. The average molecular weight is 358 g/mol. The zero-order valence-electron chi connectivity index (χ0n) is 12.6. The molecule has 1 aliphatic rings. The number of benzene rings is 2. The van der Waals surface area contributed by atoms with Gasteiger partial charge in [0.05, 0.1) is 15.6 Å². The second kappa shape index (κ2) is 5.76. The van der Waals surface area contributed by atoms with Crippen molar-refractivity contribution in [2.75, 3.05) is 0 Å². The molecule has 5 heteroatoms. The first-order valence-corrected chi connectivity index (χ1v) is 8.43. The van der Waals surface area contributed by atoms with Gasteiger partial charge < -0.3 is 5.11 Å². The van der Waals surface area contributed by atoms with Crippen molar-refractivity contribution in [2.45, 2.75) is 18.8 Å². The van der Waals surface area contributed by atoms with E-state index in [0.29, 0.717) is 27.0 Å². The van der Waals surface area contributed by atoms with Crippen LogP contribution in [-0.4, -0.2) is 16.1 Å². The van der Waals surface area contributed by atoms with Crippen LogP contribution >= 0.6 is 23.2 Å².